The summed E-state index contributed by atoms with van der Waals surface area (Å²) in [6.45, 7) is 2.54. The van der Waals surface area contributed by atoms with Crippen LogP contribution in [-0.2, 0) is 24.1 Å². The minimum atomic E-state index is -3.56. The number of hydrogen-bond acceptors (Lipinski definition) is 7. The van der Waals surface area contributed by atoms with Gasteiger partial charge in [0.2, 0.25) is 5.16 Å². The molecular weight excluding hydrogens is 368 g/mol. The molecule has 2 saturated heterocycles. The fourth-order valence-electron chi connectivity index (χ4n) is 4.20. The Morgan fingerprint density at radius 1 is 0.963 bits per heavy atom. The number of aryl methyl sites for hydroxylation is 2. The number of fused-ring (bicyclic) bond motifs is 2. The minimum Gasteiger partial charge on any atom is -0.354 e. The van der Waals surface area contributed by atoms with Crippen molar-refractivity contribution in [3.63, 3.8) is 0 Å². The average Bonchev–Trinajstić information content (AvgIpc) is 3.38. The molecule has 3 aromatic rings. The predicted molar refractivity (Wildman–Crippen MR) is 97.5 cm³/mol. The van der Waals surface area contributed by atoms with Crippen LogP contribution in [0.3, 0.4) is 0 Å². The van der Waals surface area contributed by atoms with Gasteiger partial charge in [-0.1, -0.05) is 0 Å². The lowest BCUT2D eigenvalue weighted by Gasteiger charge is -2.22. The molecule has 0 saturated carbocycles. The van der Waals surface area contributed by atoms with Crippen LogP contribution >= 0.6 is 0 Å². The summed E-state index contributed by atoms with van der Waals surface area (Å²) < 4.78 is 30.7. The van der Waals surface area contributed by atoms with Gasteiger partial charge < -0.3 is 14.0 Å². The van der Waals surface area contributed by atoms with Crippen molar-refractivity contribution in [3.05, 3.63) is 25.0 Å². The Morgan fingerprint density at radius 3 is 2.37 bits per heavy atom. The van der Waals surface area contributed by atoms with Gasteiger partial charge in [-0.2, -0.15) is 4.31 Å². The van der Waals surface area contributed by atoms with Crippen molar-refractivity contribution in [2.24, 2.45) is 25.9 Å². The smallest absolute Gasteiger partial charge is 0.277 e. The van der Waals surface area contributed by atoms with E-state index in [4.69, 9.17) is 0 Å². The summed E-state index contributed by atoms with van der Waals surface area (Å²) in [5.41, 5.74) is 1.59. The van der Waals surface area contributed by atoms with Crippen LogP contribution in [0.15, 0.2) is 30.2 Å². The Labute approximate surface area is 156 Å². The van der Waals surface area contributed by atoms with Gasteiger partial charge in [-0.15, -0.1) is 0 Å². The van der Waals surface area contributed by atoms with Crippen LogP contribution in [0.5, 0.6) is 0 Å². The highest BCUT2D eigenvalue weighted by Gasteiger charge is 2.45. The van der Waals surface area contributed by atoms with E-state index in [9.17, 15) is 8.42 Å². The standard InChI is InChI=1S/C16H20N8O2S/c1-21-4-3-17-16(21)27(25,26)24-7-11-5-23(6-12(11)8-24)15-13-14(18-9-19-15)22(2)10-20-13/h3-4,9-12H,5-8H2,1-2H3. The van der Waals surface area contributed by atoms with Crippen LogP contribution in [0.25, 0.3) is 11.2 Å². The first-order valence-electron chi connectivity index (χ1n) is 8.79. The molecule has 0 amide bonds. The summed E-state index contributed by atoms with van der Waals surface area (Å²) in [6, 6.07) is 0. The number of rotatable bonds is 3. The Morgan fingerprint density at radius 2 is 1.70 bits per heavy atom. The van der Waals surface area contributed by atoms with E-state index in [0.717, 1.165) is 30.1 Å². The molecular formula is C16H20N8O2S. The molecule has 5 rings (SSSR count). The number of imidazole rings is 2. The second-order valence-corrected chi connectivity index (χ2v) is 9.12. The molecule has 2 atom stereocenters. The molecule has 0 N–H and O–H groups in total. The zero-order chi connectivity index (χ0) is 18.8. The Balaban J connectivity index is 1.37. The molecule has 2 aliphatic rings. The highest BCUT2D eigenvalue weighted by Crippen LogP contribution is 2.36. The Hall–Kier alpha value is -2.53. The van der Waals surface area contributed by atoms with Crippen molar-refractivity contribution >= 4 is 27.0 Å². The van der Waals surface area contributed by atoms with E-state index in [2.05, 4.69) is 24.8 Å². The second kappa shape index (κ2) is 5.73. The molecule has 3 aromatic heterocycles. The van der Waals surface area contributed by atoms with E-state index in [0.29, 0.717) is 13.1 Å². The molecule has 0 aliphatic carbocycles. The number of aromatic nitrogens is 6. The van der Waals surface area contributed by atoms with Crippen LogP contribution in [0.1, 0.15) is 0 Å². The van der Waals surface area contributed by atoms with Crippen LogP contribution in [0.4, 0.5) is 5.82 Å². The fourth-order valence-corrected chi connectivity index (χ4v) is 5.83. The Kier molecular flexibility index (Phi) is 3.53. The van der Waals surface area contributed by atoms with Gasteiger partial charge in [-0.25, -0.2) is 28.4 Å². The van der Waals surface area contributed by atoms with Crippen molar-refractivity contribution in [2.75, 3.05) is 31.1 Å². The van der Waals surface area contributed by atoms with Crippen molar-refractivity contribution in [1.82, 2.24) is 33.4 Å². The quantitative estimate of drug-likeness (QED) is 0.615. The average molecular weight is 388 g/mol. The predicted octanol–water partition coefficient (Wildman–Crippen LogP) is -0.146. The highest BCUT2D eigenvalue weighted by atomic mass is 32.2. The second-order valence-electron chi connectivity index (χ2n) is 7.29. The molecule has 0 aromatic carbocycles. The normalized spacial score (nSPS) is 23.4. The van der Waals surface area contributed by atoms with E-state index in [1.807, 2.05) is 11.6 Å². The Bertz CT molecular complexity index is 1110. The summed E-state index contributed by atoms with van der Waals surface area (Å²) in [6.07, 6.45) is 6.46. The fraction of sp³-hybridized carbons (Fsp3) is 0.500. The molecule has 11 heteroatoms. The lowest BCUT2D eigenvalue weighted by atomic mass is 10.0. The van der Waals surface area contributed by atoms with E-state index >= 15 is 0 Å². The van der Waals surface area contributed by atoms with Crippen LogP contribution in [0.2, 0.25) is 0 Å². The molecule has 0 spiro atoms. The van der Waals surface area contributed by atoms with Crippen molar-refractivity contribution in [3.8, 4) is 0 Å². The number of nitrogens with zero attached hydrogens (tertiary/aromatic N) is 8. The van der Waals surface area contributed by atoms with E-state index in [1.165, 1.54) is 6.20 Å². The van der Waals surface area contributed by atoms with Gasteiger partial charge in [-0.05, 0) is 11.8 Å². The lowest BCUT2D eigenvalue weighted by molar-refractivity contribution is 0.444. The third-order valence-corrected chi connectivity index (χ3v) is 7.41. The first kappa shape index (κ1) is 16.6. The van der Waals surface area contributed by atoms with Gasteiger partial charge in [-0.3, -0.25) is 0 Å². The molecule has 10 nitrogen and oxygen atoms in total. The maximum Gasteiger partial charge on any atom is 0.277 e. The first-order chi connectivity index (χ1) is 12.9. The van der Waals surface area contributed by atoms with Gasteiger partial charge in [0.05, 0.1) is 6.33 Å². The zero-order valence-electron chi connectivity index (χ0n) is 15.1. The maximum atomic E-state index is 12.9. The monoisotopic (exact) mass is 388 g/mol. The number of anilines is 1. The van der Waals surface area contributed by atoms with Gasteiger partial charge in [0.1, 0.15) is 6.33 Å². The third kappa shape index (κ3) is 2.45. The van der Waals surface area contributed by atoms with Crippen molar-refractivity contribution in [2.45, 2.75) is 5.16 Å². The van der Waals surface area contributed by atoms with E-state index < -0.39 is 10.0 Å². The SMILES string of the molecule is Cn1ccnc1S(=O)(=O)N1CC2CN(c3ncnc4c3ncn4C)CC2C1. The molecule has 142 valence electrons. The third-order valence-electron chi connectivity index (χ3n) is 5.58. The molecule has 2 unspecified atom stereocenters. The van der Waals surface area contributed by atoms with E-state index in [-0.39, 0.29) is 17.0 Å². The van der Waals surface area contributed by atoms with Crippen LogP contribution < -0.4 is 4.90 Å². The number of sulfonamides is 1. The molecule has 2 fully saturated rings. The topological polar surface area (TPSA) is 102 Å². The maximum absolute atomic E-state index is 12.9. The van der Waals surface area contributed by atoms with Crippen molar-refractivity contribution < 1.29 is 8.42 Å². The van der Waals surface area contributed by atoms with Gasteiger partial charge in [0.25, 0.3) is 10.0 Å². The molecule has 27 heavy (non-hydrogen) atoms. The molecule has 0 radical (unpaired) electrons. The van der Waals surface area contributed by atoms with Gasteiger partial charge >= 0.3 is 0 Å². The lowest BCUT2D eigenvalue weighted by Crippen LogP contribution is -2.34. The molecule has 2 aliphatic heterocycles. The van der Waals surface area contributed by atoms with E-state index in [1.54, 1.807) is 34.8 Å². The summed E-state index contributed by atoms with van der Waals surface area (Å²) in [7, 11) is 0.0519. The van der Waals surface area contributed by atoms with Crippen LogP contribution in [0, 0.1) is 11.8 Å². The first-order valence-corrected chi connectivity index (χ1v) is 10.2. The highest BCUT2D eigenvalue weighted by molar-refractivity contribution is 7.89. The van der Waals surface area contributed by atoms with Crippen molar-refractivity contribution in [1.29, 1.82) is 0 Å². The molecule has 5 heterocycles. The zero-order valence-corrected chi connectivity index (χ0v) is 15.9. The van der Waals surface area contributed by atoms with Gasteiger partial charge in [0, 0.05) is 52.7 Å². The van der Waals surface area contributed by atoms with Crippen LogP contribution in [-0.4, -0.2) is 68.0 Å². The summed E-state index contributed by atoms with van der Waals surface area (Å²) in [5, 5.41) is 0.102. The summed E-state index contributed by atoms with van der Waals surface area (Å²) in [4.78, 5) is 19.4. The minimum absolute atomic E-state index is 0.102. The number of hydrogen-bond donors (Lipinski definition) is 0. The largest absolute Gasteiger partial charge is 0.354 e. The summed E-state index contributed by atoms with van der Waals surface area (Å²) in [5.74, 6) is 1.37. The summed E-state index contributed by atoms with van der Waals surface area (Å²) >= 11 is 0. The van der Waals surface area contributed by atoms with Gasteiger partial charge in [0.15, 0.2) is 17.0 Å². The molecule has 0 bridgehead atoms.